The summed E-state index contributed by atoms with van der Waals surface area (Å²) in [7, 11) is 0. The molecule has 2 aliphatic rings. The summed E-state index contributed by atoms with van der Waals surface area (Å²) in [5, 5.41) is 3.74. The zero-order valence-electron chi connectivity index (χ0n) is 12.7. The van der Waals surface area contributed by atoms with Crippen LogP contribution in [0.25, 0.3) is 0 Å². The largest absolute Gasteiger partial charge is 0.308 e. The van der Waals surface area contributed by atoms with Crippen LogP contribution in [-0.2, 0) is 0 Å². The lowest BCUT2D eigenvalue weighted by atomic mass is 9.89. The van der Waals surface area contributed by atoms with Gasteiger partial charge in [-0.1, -0.05) is 12.1 Å². The van der Waals surface area contributed by atoms with Crippen molar-refractivity contribution < 1.29 is 4.39 Å². The molecule has 2 nitrogen and oxygen atoms in total. The Hall–Kier alpha value is -0.930. The van der Waals surface area contributed by atoms with Crippen LogP contribution >= 0.6 is 0 Å². The van der Waals surface area contributed by atoms with Crippen LogP contribution in [0.15, 0.2) is 24.3 Å². The van der Waals surface area contributed by atoms with E-state index in [-0.39, 0.29) is 17.4 Å². The van der Waals surface area contributed by atoms with E-state index in [1.165, 1.54) is 18.9 Å². The summed E-state index contributed by atoms with van der Waals surface area (Å²) in [5.41, 5.74) is 1.31. The zero-order valence-corrected chi connectivity index (χ0v) is 12.7. The Morgan fingerprint density at radius 3 is 2.80 bits per heavy atom. The van der Waals surface area contributed by atoms with Gasteiger partial charge in [-0.2, -0.15) is 0 Å². The van der Waals surface area contributed by atoms with E-state index in [1.807, 2.05) is 12.1 Å². The number of piperazine rings is 1. The first-order chi connectivity index (χ1) is 9.49. The van der Waals surface area contributed by atoms with Crippen LogP contribution in [-0.4, -0.2) is 29.6 Å². The maximum atomic E-state index is 13.5. The van der Waals surface area contributed by atoms with E-state index in [1.54, 1.807) is 6.07 Å². The van der Waals surface area contributed by atoms with Crippen molar-refractivity contribution in [2.24, 2.45) is 5.92 Å². The van der Waals surface area contributed by atoms with E-state index in [0.717, 1.165) is 24.6 Å². The molecular formula is C17H25FN2. The SMILES string of the molecule is CC1CNC(C)(C2CC2)CN1C(C)c1cccc(F)c1. The van der Waals surface area contributed by atoms with E-state index in [9.17, 15) is 4.39 Å². The standard InChI is InChI=1S/C17H25FN2/c1-12-10-19-17(3,15-7-8-15)11-20(12)13(2)14-5-4-6-16(18)9-14/h4-6,9,12-13,15,19H,7-8,10-11H2,1-3H3. The molecule has 0 aromatic heterocycles. The van der Waals surface area contributed by atoms with Gasteiger partial charge in [0.15, 0.2) is 0 Å². The number of halogens is 1. The van der Waals surface area contributed by atoms with Crippen LogP contribution in [0.3, 0.4) is 0 Å². The van der Waals surface area contributed by atoms with Gasteiger partial charge in [-0.05, 0) is 57.2 Å². The van der Waals surface area contributed by atoms with Gasteiger partial charge in [0.05, 0.1) is 0 Å². The lowest BCUT2D eigenvalue weighted by Gasteiger charge is -2.48. The smallest absolute Gasteiger partial charge is 0.123 e. The zero-order chi connectivity index (χ0) is 14.3. The molecule has 0 spiro atoms. The maximum absolute atomic E-state index is 13.5. The molecule has 1 aliphatic carbocycles. The van der Waals surface area contributed by atoms with Gasteiger partial charge < -0.3 is 5.32 Å². The number of nitrogens with one attached hydrogen (secondary N) is 1. The van der Waals surface area contributed by atoms with Gasteiger partial charge >= 0.3 is 0 Å². The van der Waals surface area contributed by atoms with Crippen molar-refractivity contribution in [3.05, 3.63) is 35.6 Å². The van der Waals surface area contributed by atoms with Crippen molar-refractivity contribution >= 4 is 0 Å². The van der Waals surface area contributed by atoms with Crippen LogP contribution in [0.4, 0.5) is 4.39 Å². The number of nitrogens with zero attached hydrogens (tertiary/aromatic N) is 1. The maximum Gasteiger partial charge on any atom is 0.123 e. The molecule has 3 heteroatoms. The molecule has 0 amide bonds. The second-order valence-corrected chi connectivity index (χ2v) is 6.82. The Balaban J connectivity index is 1.79. The summed E-state index contributed by atoms with van der Waals surface area (Å²) in [6.45, 7) is 8.88. The molecule has 3 unspecified atom stereocenters. The van der Waals surface area contributed by atoms with Gasteiger partial charge in [-0.15, -0.1) is 0 Å². The summed E-state index contributed by atoms with van der Waals surface area (Å²) in [6, 6.07) is 7.80. The third-order valence-corrected chi connectivity index (χ3v) is 5.19. The van der Waals surface area contributed by atoms with Crippen molar-refractivity contribution in [2.75, 3.05) is 13.1 Å². The molecule has 110 valence electrons. The average molecular weight is 276 g/mol. The van der Waals surface area contributed by atoms with Crippen LogP contribution < -0.4 is 5.32 Å². The Labute approximate surface area is 121 Å². The lowest BCUT2D eigenvalue weighted by Crippen LogP contribution is -2.63. The Kier molecular flexibility index (Phi) is 3.59. The molecule has 1 aromatic carbocycles. The molecule has 1 saturated heterocycles. The highest BCUT2D eigenvalue weighted by Crippen LogP contribution is 2.42. The van der Waals surface area contributed by atoms with Crippen molar-refractivity contribution in [1.29, 1.82) is 0 Å². The summed E-state index contributed by atoms with van der Waals surface area (Å²) in [5.74, 6) is 0.680. The van der Waals surface area contributed by atoms with E-state index in [2.05, 4.69) is 31.0 Å². The fourth-order valence-corrected chi connectivity index (χ4v) is 3.56. The first-order valence-electron chi connectivity index (χ1n) is 7.76. The third kappa shape index (κ3) is 2.61. The third-order valence-electron chi connectivity index (χ3n) is 5.19. The molecule has 0 radical (unpaired) electrons. The fourth-order valence-electron chi connectivity index (χ4n) is 3.56. The minimum Gasteiger partial charge on any atom is -0.308 e. The predicted molar refractivity (Wildman–Crippen MR) is 80.1 cm³/mol. The summed E-state index contributed by atoms with van der Waals surface area (Å²) in [6.07, 6.45) is 2.69. The Morgan fingerprint density at radius 2 is 2.15 bits per heavy atom. The van der Waals surface area contributed by atoms with E-state index < -0.39 is 0 Å². The van der Waals surface area contributed by atoms with Gasteiger partial charge in [0.2, 0.25) is 0 Å². The summed E-state index contributed by atoms with van der Waals surface area (Å²) in [4.78, 5) is 2.53. The number of rotatable bonds is 3. The second-order valence-electron chi connectivity index (χ2n) is 6.82. The molecule has 1 aromatic rings. The molecule has 1 N–H and O–H groups in total. The van der Waals surface area contributed by atoms with Crippen LogP contribution in [0.1, 0.15) is 45.2 Å². The topological polar surface area (TPSA) is 15.3 Å². The minimum atomic E-state index is -0.137. The molecule has 3 atom stereocenters. The number of hydrogen-bond acceptors (Lipinski definition) is 2. The first kappa shape index (κ1) is 14.0. The molecule has 1 heterocycles. The lowest BCUT2D eigenvalue weighted by molar-refractivity contribution is 0.0516. The number of benzene rings is 1. The molecule has 20 heavy (non-hydrogen) atoms. The van der Waals surface area contributed by atoms with Gasteiger partial charge in [-0.3, -0.25) is 4.90 Å². The van der Waals surface area contributed by atoms with Crippen LogP contribution in [0.2, 0.25) is 0 Å². The Bertz CT molecular complexity index is 486. The molecule has 3 rings (SSSR count). The highest BCUT2D eigenvalue weighted by Gasteiger charge is 2.46. The summed E-state index contributed by atoms with van der Waals surface area (Å²) >= 11 is 0. The van der Waals surface area contributed by atoms with E-state index in [4.69, 9.17) is 0 Å². The highest BCUT2D eigenvalue weighted by atomic mass is 19.1. The quantitative estimate of drug-likeness (QED) is 0.911. The number of hydrogen-bond donors (Lipinski definition) is 1. The molecular weight excluding hydrogens is 251 g/mol. The fraction of sp³-hybridized carbons (Fsp3) is 0.647. The van der Waals surface area contributed by atoms with Crippen LogP contribution in [0, 0.1) is 11.7 Å². The van der Waals surface area contributed by atoms with Crippen molar-refractivity contribution in [3.8, 4) is 0 Å². The van der Waals surface area contributed by atoms with E-state index >= 15 is 0 Å². The van der Waals surface area contributed by atoms with Gasteiger partial charge in [0.1, 0.15) is 5.82 Å². The molecule has 1 saturated carbocycles. The highest BCUT2D eigenvalue weighted by molar-refractivity contribution is 5.20. The normalized spacial score (nSPS) is 33.1. The van der Waals surface area contributed by atoms with Crippen LogP contribution in [0.5, 0.6) is 0 Å². The minimum absolute atomic E-state index is 0.137. The van der Waals surface area contributed by atoms with Crippen molar-refractivity contribution in [1.82, 2.24) is 10.2 Å². The Morgan fingerprint density at radius 1 is 1.40 bits per heavy atom. The summed E-state index contributed by atoms with van der Waals surface area (Å²) < 4.78 is 13.5. The average Bonchev–Trinajstić information content (AvgIpc) is 3.26. The van der Waals surface area contributed by atoms with Gasteiger partial charge in [0, 0.05) is 30.7 Å². The second kappa shape index (κ2) is 5.12. The van der Waals surface area contributed by atoms with Crippen molar-refractivity contribution in [3.63, 3.8) is 0 Å². The first-order valence-corrected chi connectivity index (χ1v) is 7.76. The molecule has 1 aliphatic heterocycles. The molecule has 2 fully saturated rings. The van der Waals surface area contributed by atoms with Gasteiger partial charge in [-0.25, -0.2) is 4.39 Å². The van der Waals surface area contributed by atoms with Gasteiger partial charge in [0.25, 0.3) is 0 Å². The van der Waals surface area contributed by atoms with E-state index in [0.29, 0.717) is 6.04 Å². The predicted octanol–water partition coefficient (Wildman–Crippen LogP) is 3.35. The van der Waals surface area contributed by atoms with Crippen molar-refractivity contribution in [2.45, 2.75) is 51.2 Å². The monoisotopic (exact) mass is 276 g/mol. The molecule has 0 bridgehead atoms.